The molecule has 2 saturated heterocycles. The Hall–Kier alpha value is -0.425. The zero-order chi connectivity index (χ0) is 15.5. The van der Waals surface area contributed by atoms with E-state index in [0.717, 1.165) is 0 Å². The third-order valence-electron chi connectivity index (χ3n) is 5.38. The molecule has 1 spiro atoms. The fourth-order valence-electron chi connectivity index (χ4n) is 3.06. The van der Waals surface area contributed by atoms with E-state index >= 15 is 0 Å². The summed E-state index contributed by atoms with van der Waals surface area (Å²) >= 11 is 0. The number of ether oxygens (including phenoxy) is 2. The second-order valence-corrected chi connectivity index (χ2v) is 7.33. The van der Waals surface area contributed by atoms with Gasteiger partial charge in [0.1, 0.15) is 5.73 Å². The molecule has 2 aliphatic heterocycles. The molecule has 0 radical (unpaired) electrons. The predicted molar refractivity (Wildman–Crippen MR) is 77.2 cm³/mol. The molecule has 0 unspecified atom stereocenters. The van der Waals surface area contributed by atoms with E-state index in [0.29, 0.717) is 31.6 Å². The second-order valence-electron chi connectivity index (χ2n) is 7.33. The molecule has 4 nitrogen and oxygen atoms in total. The summed E-state index contributed by atoms with van der Waals surface area (Å²) in [6, 6.07) is 0. The predicted octanol–water partition coefficient (Wildman–Crippen LogP) is 3.01. The topological polar surface area (TPSA) is 36.9 Å². The molecule has 0 bridgehead atoms. The molecule has 0 atom stereocenters. The lowest BCUT2D eigenvalue weighted by Crippen LogP contribution is -2.45. The smallest absolute Gasteiger partial charge is 0.398 e. The van der Waals surface area contributed by atoms with E-state index in [1.54, 1.807) is 0 Å². The van der Waals surface area contributed by atoms with Crippen molar-refractivity contribution in [2.45, 2.75) is 64.4 Å². The molecule has 3 fully saturated rings. The van der Waals surface area contributed by atoms with Gasteiger partial charge in [-0.2, -0.15) is 0 Å². The Kier molecular flexibility index (Phi) is 3.52. The summed E-state index contributed by atoms with van der Waals surface area (Å²) in [4.78, 5) is 0. The molecule has 2 heterocycles. The Labute approximate surface area is 126 Å². The van der Waals surface area contributed by atoms with Crippen molar-refractivity contribution < 1.29 is 23.2 Å². The molecule has 0 aromatic carbocycles. The van der Waals surface area contributed by atoms with Gasteiger partial charge in [0.15, 0.2) is 5.79 Å². The second kappa shape index (κ2) is 4.78. The normalized spacial score (nSPS) is 31.4. The van der Waals surface area contributed by atoms with Crippen LogP contribution in [0.1, 0.15) is 47.5 Å². The van der Waals surface area contributed by atoms with E-state index < -0.39 is 24.1 Å². The van der Waals surface area contributed by atoms with Crippen molar-refractivity contribution in [2.24, 2.45) is 5.92 Å². The van der Waals surface area contributed by atoms with E-state index in [2.05, 4.69) is 0 Å². The fraction of sp³-hybridized carbons (Fsp3) is 0.867. The molecule has 1 saturated carbocycles. The maximum atomic E-state index is 14.7. The van der Waals surface area contributed by atoms with Crippen LogP contribution in [0.25, 0.3) is 0 Å². The van der Waals surface area contributed by atoms with Gasteiger partial charge >= 0.3 is 7.12 Å². The standard InChI is InChI=1S/C15H24BFO4/c1-10(11-8-15(9-11)18-6-7-19-15)12(17)16-20-13(2,3)14(4,5)21-16/h11H,6-9H2,1-5H3. The Balaban J connectivity index is 1.69. The van der Waals surface area contributed by atoms with Crippen molar-refractivity contribution in [1.29, 1.82) is 0 Å². The Morgan fingerprint density at radius 1 is 1.00 bits per heavy atom. The number of hydrogen-bond donors (Lipinski definition) is 0. The van der Waals surface area contributed by atoms with Crippen LogP contribution in [-0.2, 0) is 18.8 Å². The highest BCUT2D eigenvalue weighted by Gasteiger charge is 2.55. The number of hydrogen-bond acceptors (Lipinski definition) is 4. The Bertz CT molecular complexity index is 444. The van der Waals surface area contributed by atoms with Crippen LogP contribution in [-0.4, -0.2) is 37.3 Å². The average Bonchev–Trinajstić information content (AvgIpc) is 2.89. The van der Waals surface area contributed by atoms with Gasteiger partial charge in [-0.25, -0.2) is 4.39 Å². The van der Waals surface area contributed by atoms with E-state index in [4.69, 9.17) is 18.8 Å². The van der Waals surface area contributed by atoms with E-state index in [1.807, 2.05) is 34.6 Å². The van der Waals surface area contributed by atoms with Crippen LogP contribution < -0.4 is 0 Å². The van der Waals surface area contributed by atoms with Crippen LogP contribution in [0.15, 0.2) is 11.3 Å². The molecule has 3 aliphatic rings. The van der Waals surface area contributed by atoms with Crippen LogP contribution in [0.5, 0.6) is 0 Å². The van der Waals surface area contributed by atoms with Gasteiger partial charge < -0.3 is 18.8 Å². The highest BCUT2D eigenvalue weighted by Crippen LogP contribution is 2.49. The minimum Gasteiger partial charge on any atom is -0.398 e. The highest BCUT2D eigenvalue weighted by atomic mass is 19.1. The largest absolute Gasteiger partial charge is 0.525 e. The summed E-state index contributed by atoms with van der Waals surface area (Å²) in [5, 5.41) is 0. The summed E-state index contributed by atoms with van der Waals surface area (Å²) in [6.45, 7) is 10.8. The van der Waals surface area contributed by atoms with Gasteiger partial charge in [-0.1, -0.05) is 0 Å². The van der Waals surface area contributed by atoms with Crippen molar-refractivity contribution in [1.82, 2.24) is 0 Å². The van der Waals surface area contributed by atoms with E-state index in [-0.39, 0.29) is 11.6 Å². The van der Waals surface area contributed by atoms with Gasteiger partial charge in [0.05, 0.1) is 24.4 Å². The van der Waals surface area contributed by atoms with Crippen molar-refractivity contribution in [3.05, 3.63) is 11.3 Å². The van der Waals surface area contributed by atoms with Crippen LogP contribution >= 0.6 is 0 Å². The minimum absolute atomic E-state index is 0.141. The molecule has 118 valence electrons. The first kappa shape index (κ1) is 15.5. The first-order valence-electron chi connectivity index (χ1n) is 7.66. The van der Waals surface area contributed by atoms with Crippen LogP contribution in [0.3, 0.4) is 0 Å². The average molecular weight is 298 g/mol. The molecule has 1 aliphatic carbocycles. The maximum Gasteiger partial charge on any atom is 0.525 e. The van der Waals surface area contributed by atoms with Gasteiger partial charge in [-0.15, -0.1) is 0 Å². The minimum atomic E-state index is -0.906. The van der Waals surface area contributed by atoms with E-state index in [1.165, 1.54) is 0 Å². The first-order chi connectivity index (χ1) is 9.66. The van der Waals surface area contributed by atoms with Gasteiger partial charge in [0.25, 0.3) is 0 Å². The summed E-state index contributed by atoms with van der Waals surface area (Å²) < 4.78 is 37.4. The van der Waals surface area contributed by atoms with Gasteiger partial charge in [0.2, 0.25) is 0 Å². The van der Waals surface area contributed by atoms with E-state index in [9.17, 15) is 4.39 Å². The number of halogens is 1. The SMILES string of the molecule is CC(=C(F)B1OC(C)(C)C(C)(C)O1)C1CC2(C1)OCCO2. The zero-order valence-corrected chi connectivity index (χ0v) is 13.5. The molecule has 3 rings (SSSR count). The van der Waals surface area contributed by atoms with Crippen LogP contribution in [0.2, 0.25) is 0 Å². The monoisotopic (exact) mass is 298 g/mol. The van der Waals surface area contributed by atoms with Crippen LogP contribution in [0.4, 0.5) is 4.39 Å². The fourth-order valence-corrected chi connectivity index (χ4v) is 3.06. The van der Waals surface area contributed by atoms with Gasteiger partial charge in [-0.05, 0) is 46.1 Å². The number of allylic oxidation sites excluding steroid dienone is 1. The third kappa shape index (κ3) is 2.46. The van der Waals surface area contributed by atoms with Crippen molar-refractivity contribution >= 4 is 7.12 Å². The summed E-state index contributed by atoms with van der Waals surface area (Å²) in [6.07, 6.45) is 1.43. The summed E-state index contributed by atoms with van der Waals surface area (Å²) in [5.74, 6) is -0.315. The van der Waals surface area contributed by atoms with Crippen molar-refractivity contribution in [3.63, 3.8) is 0 Å². The first-order valence-corrected chi connectivity index (χ1v) is 7.66. The lowest BCUT2D eigenvalue weighted by atomic mass is 9.71. The Morgan fingerprint density at radius 3 is 1.95 bits per heavy atom. The maximum absolute atomic E-state index is 14.7. The molecule has 0 aromatic heterocycles. The molecule has 0 N–H and O–H groups in total. The highest BCUT2D eigenvalue weighted by molar-refractivity contribution is 6.53. The molecular weight excluding hydrogens is 274 g/mol. The zero-order valence-electron chi connectivity index (χ0n) is 13.5. The summed E-state index contributed by atoms with van der Waals surface area (Å²) in [7, 11) is -0.906. The summed E-state index contributed by atoms with van der Waals surface area (Å²) in [5.41, 5.74) is -0.647. The molecular formula is C15H24BFO4. The third-order valence-corrected chi connectivity index (χ3v) is 5.38. The number of rotatable bonds is 2. The molecule has 21 heavy (non-hydrogen) atoms. The Morgan fingerprint density at radius 2 is 1.48 bits per heavy atom. The van der Waals surface area contributed by atoms with Gasteiger partial charge in [0, 0.05) is 12.8 Å². The molecule has 0 aromatic rings. The van der Waals surface area contributed by atoms with Crippen molar-refractivity contribution in [3.8, 4) is 0 Å². The lowest BCUT2D eigenvalue weighted by Gasteiger charge is -2.43. The van der Waals surface area contributed by atoms with Crippen LogP contribution in [0, 0.1) is 5.92 Å². The van der Waals surface area contributed by atoms with Gasteiger partial charge in [-0.3, -0.25) is 0 Å². The molecule has 0 amide bonds. The lowest BCUT2D eigenvalue weighted by molar-refractivity contribution is -0.224. The van der Waals surface area contributed by atoms with Crippen molar-refractivity contribution in [2.75, 3.05) is 13.2 Å². The quantitative estimate of drug-likeness (QED) is 0.734. The molecule has 6 heteroatoms.